The van der Waals surface area contributed by atoms with E-state index >= 15 is 0 Å². The van der Waals surface area contributed by atoms with Gasteiger partial charge in [-0.25, -0.2) is 13.4 Å². The molecule has 29 heavy (non-hydrogen) atoms. The number of nitrogens with zero attached hydrogens (tertiary/aromatic N) is 5. The lowest BCUT2D eigenvalue weighted by molar-refractivity contribution is 0.0904. The molecule has 1 N–H and O–H groups in total. The minimum atomic E-state index is -3.27. The van der Waals surface area contributed by atoms with Gasteiger partial charge in [0.2, 0.25) is 10.0 Å². The van der Waals surface area contributed by atoms with Gasteiger partial charge in [-0.3, -0.25) is 4.99 Å². The van der Waals surface area contributed by atoms with Crippen LogP contribution in [0.4, 0.5) is 0 Å². The van der Waals surface area contributed by atoms with E-state index in [9.17, 15) is 8.42 Å². The molecule has 2 rings (SSSR count). The smallest absolute Gasteiger partial charge is 0.216 e. The summed E-state index contributed by atoms with van der Waals surface area (Å²) in [5.41, 5.74) is 0. The summed E-state index contributed by atoms with van der Waals surface area (Å²) in [6.07, 6.45) is 6.49. The first-order chi connectivity index (χ1) is 13.4. The van der Waals surface area contributed by atoms with Crippen LogP contribution in [-0.2, 0) is 21.3 Å². The molecule has 1 aromatic rings. The number of hydrogen-bond donors (Lipinski definition) is 1. The molecule has 0 unspecified atom stereocenters. The number of rotatable bonds is 10. The van der Waals surface area contributed by atoms with Crippen molar-refractivity contribution in [2.24, 2.45) is 4.99 Å². The molecule has 1 aliphatic rings. The molecule has 0 radical (unpaired) electrons. The minimum absolute atomic E-state index is 0. The van der Waals surface area contributed by atoms with Gasteiger partial charge in [0, 0.05) is 58.2 Å². The number of aryl methyl sites for hydroxylation is 1. The van der Waals surface area contributed by atoms with Crippen molar-refractivity contribution in [2.45, 2.75) is 39.8 Å². The summed E-state index contributed by atoms with van der Waals surface area (Å²) in [6.45, 7) is 10.7. The van der Waals surface area contributed by atoms with Crippen molar-refractivity contribution in [3.8, 4) is 0 Å². The van der Waals surface area contributed by atoms with E-state index < -0.39 is 10.0 Å². The van der Waals surface area contributed by atoms with Crippen molar-refractivity contribution < 1.29 is 13.2 Å². The van der Waals surface area contributed by atoms with Crippen LogP contribution in [0, 0.1) is 0 Å². The van der Waals surface area contributed by atoms with E-state index in [1.54, 1.807) is 16.8 Å². The number of imidazole rings is 1. The Balaban J connectivity index is 0.00000420. The van der Waals surface area contributed by atoms with Gasteiger partial charge in [-0.05, 0) is 27.2 Å². The number of aliphatic imine (C=N–C) groups is 1. The molecule has 1 saturated heterocycles. The highest BCUT2D eigenvalue weighted by molar-refractivity contribution is 14.0. The van der Waals surface area contributed by atoms with Crippen molar-refractivity contribution in [1.29, 1.82) is 0 Å². The Bertz CT molecular complexity index is 688. The fraction of sp³-hybridized carbons (Fsp3) is 0.778. The number of ether oxygens (including phenoxy) is 1. The molecule has 0 spiro atoms. The first-order valence-corrected chi connectivity index (χ1v) is 11.6. The lowest BCUT2D eigenvalue weighted by Crippen LogP contribution is -2.54. The fourth-order valence-electron chi connectivity index (χ4n) is 2.98. The molecule has 1 fully saturated rings. The number of hydrogen-bond acceptors (Lipinski definition) is 5. The SMILES string of the molecule is CCNC(=NCCCn1ccnc1)N1CCN(S(=O)(=O)CCOC(C)C)CC1.I. The van der Waals surface area contributed by atoms with Crippen molar-refractivity contribution in [3.05, 3.63) is 18.7 Å². The third-order valence-corrected chi connectivity index (χ3v) is 6.29. The summed E-state index contributed by atoms with van der Waals surface area (Å²) < 4.78 is 33.9. The average molecular weight is 542 g/mol. The summed E-state index contributed by atoms with van der Waals surface area (Å²) in [4.78, 5) is 10.9. The van der Waals surface area contributed by atoms with E-state index in [-0.39, 0.29) is 42.4 Å². The molecule has 0 bridgehead atoms. The number of aromatic nitrogens is 2. The number of guanidine groups is 1. The first-order valence-electron chi connectivity index (χ1n) is 10.0. The van der Waals surface area contributed by atoms with E-state index in [4.69, 9.17) is 9.73 Å². The van der Waals surface area contributed by atoms with E-state index in [2.05, 4.69) is 15.2 Å². The van der Waals surface area contributed by atoms with Gasteiger partial charge >= 0.3 is 0 Å². The number of sulfonamides is 1. The molecular formula is C18H35IN6O3S. The van der Waals surface area contributed by atoms with Crippen LogP contribution in [0.1, 0.15) is 27.2 Å². The van der Waals surface area contributed by atoms with E-state index in [1.807, 2.05) is 31.5 Å². The van der Waals surface area contributed by atoms with Gasteiger partial charge in [-0.1, -0.05) is 0 Å². The molecule has 9 nitrogen and oxygen atoms in total. The highest BCUT2D eigenvalue weighted by Crippen LogP contribution is 2.09. The van der Waals surface area contributed by atoms with Gasteiger partial charge in [-0.2, -0.15) is 4.31 Å². The summed E-state index contributed by atoms with van der Waals surface area (Å²) in [7, 11) is -3.27. The second-order valence-electron chi connectivity index (χ2n) is 7.01. The summed E-state index contributed by atoms with van der Waals surface area (Å²) in [5, 5.41) is 3.32. The van der Waals surface area contributed by atoms with Gasteiger partial charge in [-0.15, -0.1) is 24.0 Å². The lowest BCUT2D eigenvalue weighted by Gasteiger charge is -2.36. The largest absolute Gasteiger partial charge is 0.378 e. The van der Waals surface area contributed by atoms with Crippen molar-refractivity contribution in [3.63, 3.8) is 0 Å². The third-order valence-electron chi connectivity index (χ3n) is 4.45. The molecule has 0 atom stereocenters. The van der Waals surface area contributed by atoms with E-state index in [1.165, 1.54) is 0 Å². The van der Waals surface area contributed by atoms with Crippen LogP contribution >= 0.6 is 24.0 Å². The van der Waals surface area contributed by atoms with Crippen LogP contribution in [0.15, 0.2) is 23.7 Å². The average Bonchev–Trinajstić information content (AvgIpc) is 3.17. The van der Waals surface area contributed by atoms with E-state index in [0.717, 1.165) is 25.5 Å². The molecule has 0 amide bonds. The van der Waals surface area contributed by atoms with Gasteiger partial charge in [0.05, 0.1) is 24.8 Å². The quantitative estimate of drug-likeness (QED) is 0.207. The zero-order chi connectivity index (χ0) is 20.4. The summed E-state index contributed by atoms with van der Waals surface area (Å²) in [5.74, 6) is 0.890. The Morgan fingerprint density at radius 1 is 1.28 bits per heavy atom. The minimum Gasteiger partial charge on any atom is -0.378 e. The summed E-state index contributed by atoms with van der Waals surface area (Å²) in [6, 6.07) is 0. The van der Waals surface area contributed by atoms with Gasteiger partial charge in [0.1, 0.15) is 0 Å². The van der Waals surface area contributed by atoms with Crippen LogP contribution in [0.5, 0.6) is 0 Å². The molecule has 0 saturated carbocycles. The van der Waals surface area contributed by atoms with Crippen molar-refractivity contribution in [2.75, 3.05) is 51.6 Å². The monoisotopic (exact) mass is 542 g/mol. The third kappa shape index (κ3) is 9.18. The Hall–Kier alpha value is -0.920. The number of nitrogens with one attached hydrogen (secondary N) is 1. The topological polar surface area (TPSA) is 92.1 Å². The molecule has 1 aliphatic heterocycles. The van der Waals surface area contributed by atoms with E-state index in [0.29, 0.717) is 32.7 Å². The number of halogens is 1. The zero-order valence-electron chi connectivity index (χ0n) is 17.7. The molecule has 1 aromatic heterocycles. The van der Waals surface area contributed by atoms with Gasteiger partial charge in [0.15, 0.2) is 5.96 Å². The number of piperazine rings is 1. The Morgan fingerprint density at radius 2 is 2.00 bits per heavy atom. The first kappa shape index (κ1) is 26.1. The highest BCUT2D eigenvalue weighted by Gasteiger charge is 2.27. The van der Waals surface area contributed by atoms with Crippen LogP contribution < -0.4 is 5.32 Å². The van der Waals surface area contributed by atoms with Crippen LogP contribution in [0.2, 0.25) is 0 Å². The zero-order valence-corrected chi connectivity index (χ0v) is 20.8. The van der Waals surface area contributed by atoms with Crippen LogP contribution in [0.25, 0.3) is 0 Å². The second-order valence-corrected chi connectivity index (χ2v) is 9.10. The van der Waals surface area contributed by atoms with Crippen LogP contribution in [-0.4, -0.2) is 90.9 Å². The Labute approximate surface area is 192 Å². The fourth-order valence-corrected chi connectivity index (χ4v) is 4.26. The van der Waals surface area contributed by atoms with Gasteiger partial charge < -0.3 is 19.5 Å². The van der Waals surface area contributed by atoms with Gasteiger partial charge in [0.25, 0.3) is 0 Å². The van der Waals surface area contributed by atoms with Crippen molar-refractivity contribution in [1.82, 2.24) is 24.1 Å². The van der Waals surface area contributed by atoms with Crippen LogP contribution in [0.3, 0.4) is 0 Å². The Kier molecular flexibility index (Phi) is 12.1. The maximum absolute atomic E-state index is 12.5. The second kappa shape index (κ2) is 13.4. The Morgan fingerprint density at radius 3 is 2.59 bits per heavy atom. The predicted molar refractivity (Wildman–Crippen MR) is 126 cm³/mol. The standard InChI is InChI=1S/C18H34N6O3S.HI/c1-4-20-18(21-6-5-8-22-9-7-19-16-22)23-10-12-24(13-11-23)28(25,26)15-14-27-17(2)3;/h7,9,16-17H,4-6,8,10-15H2,1-3H3,(H,20,21);1H. The molecular weight excluding hydrogens is 507 g/mol. The predicted octanol–water partition coefficient (Wildman–Crippen LogP) is 1.23. The molecule has 0 aromatic carbocycles. The maximum atomic E-state index is 12.5. The molecule has 11 heteroatoms. The highest BCUT2D eigenvalue weighted by atomic mass is 127. The molecule has 0 aliphatic carbocycles. The lowest BCUT2D eigenvalue weighted by atomic mass is 10.4. The molecule has 2 heterocycles. The normalized spacial score (nSPS) is 16.1. The summed E-state index contributed by atoms with van der Waals surface area (Å²) >= 11 is 0. The maximum Gasteiger partial charge on any atom is 0.216 e. The molecule has 168 valence electrons. The van der Waals surface area contributed by atoms with Crippen molar-refractivity contribution >= 4 is 40.0 Å².